The molecule has 0 aliphatic rings. The van der Waals surface area contributed by atoms with Crippen molar-refractivity contribution in [1.29, 1.82) is 0 Å². The Morgan fingerprint density at radius 1 is 1.04 bits per heavy atom. The molecule has 0 radical (unpaired) electrons. The molecule has 0 spiro atoms. The first-order chi connectivity index (χ1) is 13.1. The minimum atomic E-state index is -0.841. The number of aliphatic carboxylic acids is 1. The van der Waals surface area contributed by atoms with E-state index < -0.39 is 5.97 Å². The number of rotatable bonds is 7. The maximum absolute atomic E-state index is 11.0. The van der Waals surface area contributed by atoms with Crippen LogP contribution >= 0.6 is 0 Å². The number of methoxy groups -OCH3 is 1. The van der Waals surface area contributed by atoms with Gasteiger partial charge in [0, 0.05) is 24.4 Å². The van der Waals surface area contributed by atoms with Gasteiger partial charge >= 0.3 is 5.97 Å². The van der Waals surface area contributed by atoms with Gasteiger partial charge in [-0.15, -0.1) is 0 Å². The third kappa shape index (κ3) is 4.33. The maximum atomic E-state index is 11.0. The zero-order chi connectivity index (χ0) is 19.2. The first kappa shape index (κ1) is 18.6. The van der Waals surface area contributed by atoms with E-state index in [1.165, 1.54) is 0 Å². The van der Waals surface area contributed by atoms with Gasteiger partial charge in [-0.05, 0) is 58.5 Å². The molecular formula is C22H21NO4. The van der Waals surface area contributed by atoms with Crippen molar-refractivity contribution in [2.24, 2.45) is 0 Å². The summed E-state index contributed by atoms with van der Waals surface area (Å²) in [6.07, 6.45) is 3.92. The number of hydrogen-bond donors (Lipinski definition) is 2. The number of carboxylic acid groups (broad SMARTS) is 1. The van der Waals surface area contributed by atoms with E-state index in [0.717, 1.165) is 33.4 Å². The van der Waals surface area contributed by atoms with Gasteiger partial charge in [0.1, 0.15) is 5.75 Å². The number of benzene rings is 2. The Balaban J connectivity index is 2.04. The average Bonchev–Trinajstić information content (AvgIpc) is 2.72. The van der Waals surface area contributed by atoms with Crippen LogP contribution in [0.4, 0.5) is 0 Å². The lowest BCUT2D eigenvalue weighted by Gasteiger charge is -2.14. The van der Waals surface area contributed by atoms with E-state index >= 15 is 0 Å². The highest BCUT2D eigenvalue weighted by Gasteiger charge is 2.12. The lowest BCUT2D eigenvalue weighted by Crippen LogP contribution is -2.00. The fourth-order valence-electron chi connectivity index (χ4n) is 3.12. The predicted molar refractivity (Wildman–Crippen MR) is 104 cm³/mol. The third-order valence-electron chi connectivity index (χ3n) is 4.48. The van der Waals surface area contributed by atoms with Gasteiger partial charge in [0.15, 0.2) is 0 Å². The zero-order valence-electron chi connectivity index (χ0n) is 15.1. The van der Waals surface area contributed by atoms with Crippen molar-refractivity contribution in [3.05, 3.63) is 72.1 Å². The number of aliphatic hydroxyl groups excluding tert-OH is 1. The van der Waals surface area contributed by atoms with Crippen molar-refractivity contribution < 1.29 is 19.7 Å². The molecule has 5 heteroatoms. The van der Waals surface area contributed by atoms with Crippen LogP contribution in [0, 0.1) is 0 Å². The van der Waals surface area contributed by atoms with Gasteiger partial charge in [0.2, 0.25) is 0 Å². The molecule has 3 rings (SSSR count). The average molecular weight is 363 g/mol. The second-order valence-electron chi connectivity index (χ2n) is 6.19. The summed E-state index contributed by atoms with van der Waals surface area (Å²) in [6, 6.07) is 15.3. The number of pyridine rings is 1. The van der Waals surface area contributed by atoms with Crippen molar-refractivity contribution in [2.75, 3.05) is 7.11 Å². The van der Waals surface area contributed by atoms with E-state index in [0.29, 0.717) is 12.2 Å². The summed E-state index contributed by atoms with van der Waals surface area (Å²) in [7, 11) is 1.59. The SMILES string of the molecule is COc1ccc(-c2ccc(-c3cccnc3)c(CO)c2)c(CCC(=O)O)c1. The highest BCUT2D eigenvalue weighted by Crippen LogP contribution is 2.32. The van der Waals surface area contributed by atoms with Crippen molar-refractivity contribution in [3.63, 3.8) is 0 Å². The fourth-order valence-corrected chi connectivity index (χ4v) is 3.12. The number of aryl methyl sites for hydroxylation is 1. The summed E-state index contributed by atoms with van der Waals surface area (Å²) in [5.74, 6) is -0.153. The number of carbonyl (C=O) groups is 1. The first-order valence-corrected chi connectivity index (χ1v) is 8.65. The van der Waals surface area contributed by atoms with Crippen LogP contribution in [0.1, 0.15) is 17.5 Å². The van der Waals surface area contributed by atoms with E-state index in [1.807, 2.05) is 48.5 Å². The molecule has 0 saturated heterocycles. The number of aromatic nitrogens is 1. The molecule has 0 amide bonds. The normalized spacial score (nSPS) is 10.6. The lowest BCUT2D eigenvalue weighted by atomic mass is 9.92. The second kappa shape index (κ2) is 8.47. The van der Waals surface area contributed by atoms with Gasteiger partial charge in [-0.1, -0.05) is 24.3 Å². The van der Waals surface area contributed by atoms with Crippen LogP contribution in [-0.2, 0) is 17.8 Å². The molecule has 0 aliphatic heterocycles. The van der Waals surface area contributed by atoms with Crippen LogP contribution < -0.4 is 4.74 Å². The molecule has 3 aromatic rings. The monoisotopic (exact) mass is 363 g/mol. The summed E-state index contributed by atoms with van der Waals surface area (Å²) in [6.45, 7) is -0.0985. The van der Waals surface area contributed by atoms with Gasteiger partial charge in [0.25, 0.3) is 0 Å². The van der Waals surface area contributed by atoms with Crippen LogP contribution in [-0.4, -0.2) is 28.3 Å². The largest absolute Gasteiger partial charge is 0.497 e. The molecule has 0 unspecified atom stereocenters. The van der Waals surface area contributed by atoms with Crippen LogP contribution in [0.3, 0.4) is 0 Å². The number of carboxylic acids is 1. The highest BCUT2D eigenvalue weighted by molar-refractivity contribution is 5.76. The topological polar surface area (TPSA) is 79.7 Å². The summed E-state index contributed by atoms with van der Waals surface area (Å²) < 4.78 is 5.28. The van der Waals surface area contributed by atoms with E-state index in [-0.39, 0.29) is 13.0 Å². The summed E-state index contributed by atoms with van der Waals surface area (Å²) in [5, 5.41) is 18.9. The Kier molecular flexibility index (Phi) is 5.84. The molecule has 138 valence electrons. The molecule has 27 heavy (non-hydrogen) atoms. The van der Waals surface area contributed by atoms with Crippen molar-refractivity contribution >= 4 is 5.97 Å². The first-order valence-electron chi connectivity index (χ1n) is 8.65. The van der Waals surface area contributed by atoms with E-state index in [4.69, 9.17) is 9.84 Å². The van der Waals surface area contributed by atoms with Crippen molar-refractivity contribution in [3.8, 4) is 28.0 Å². The molecule has 1 aromatic heterocycles. The standard InChI is InChI=1S/C22H21NO4/c1-27-19-6-8-20(16(12-19)5-9-22(25)26)15-4-7-21(18(11-15)14-24)17-3-2-10-23-13-17/h2-4,6-8,10-13,24H,5,9,14H2,1H3,(H,25,26). The minimum absolute atomic E-state index is 0.0425. The molecule has 2 aromatic carbocycles. The summed E-state index contributed by atoms with van der Waals surface area (Å²) in [5.41, 5.74) is 5.42. The Morgan fingerprint density at radius 3 is 2.48 bits per heavy atom. The van der Waals surface area contributed by atoms with Gasteiger partial charge in [-0.3, -0.25) is 9.78 Å². The van der Waals surface area contributed by atoms with E-state index in [9.17, 15) is 9.90 Å². The minimum Gasteiger partial charge on any atom is -0.497 e. The van der Waals surface area contributed by atoms with E-state index in [1.54, 1.807) is 19.5 Å². The number of nitrogens with zero attached hydrogens (tertiary/aromatic N) is 1. The Morgan fingerprint density at radius 2 is 1.81 bits per heavy atom. The molecule has 0 saturated carbocycles. The maximum Gasteiger partial charge on any atom is 0.303 e. The molecule has 1 heterocycles. The van der Waals surface area contributed by atoms with Gasteiger partial charge in [-0.25, -0.2) is 0 Å². The number of aliphatic hydroxyl groups is 1. The van der Waals surface area contributed by atoms with Crippen LogP contribution in [0.2, 0.25) is 0 Å². The highest BCUT2D eigenvalue weighted by atomic mass is 16.5. The van der Waals surface area contributed by atoms with E-state index in [2.05, 4.69) is 4.98 Å². The fraction of sp³-hybridized carbons (Fsp3) is 0.182. The molecule has 2 N–H and O–H groups in total. The number of hydrogen-bond acceptors (Lipinski definition) is 4. The van der Waals surface area contributed by atoms with Gasteiger partial charge in [-0.2, -0.15) is 0 Å². The second-order valence-corrected chi connectivity index (χ2v) is 6.19. The summed E-state index contributed by atoms with van der Waals surface area (Å²) >= 11 is 0. The van der Waals surface area contributed by atoms with Crippen LogP contribution in [0.15, 0.2) is 60.9 Å². The van der Waals surface area contributed by atoms with Gasteiger partial charge in [0.05, 0.1) is 13.7 Å². The molecule has 0 aliphatic carbocycles. The lowest BCUT2D eigenvalue weighted by molar-refractivity contribution is -0.136. The zero-order valence-corrected chi connectivity index (χ0v) is 15.1. The van der Waals surface area contributed by atoms with Crippen LogP contribution in [0.25, 0.3) is 22.3 Å². The molecule has 0 fully saturated rings. The Hall–Kier alpha value is -3.18. The molecule has 5 nitrogen and oxygen atoms in total. The Labute approximate surface area is 157 Å². The number of ether oxygens (including phenoxy) is 1. The third-order valence-corrected chi connectivity index (χ3v) is 4.48. The smallest absolute Gasteiger partial charge is 0.303 e. The van der Waals surface area contributed by atoms with Crippen molar-refractivity contribution in [2.45, 2.75) is 19.4 Å². The Bertz CT molecular complexity index is 938. The predicted octanol–water partition coefficient (Wildman–Crippen LogP) is 3.93. The molecule has 0 bridgehead atoms. The summed E-state index contributed by atoms with van der Waals surface area (Å²) in [4.78, 5) is 15.1. The molecule has 0 atom stereocenters. The quantitative estimate of drug-likeness (QED) is 0.665. The van der Waals surface area contributed by atoms with Crippen LogP contribution in [0.5, 0.6) is 5.75 Å². The van der Waals surface area contributed by atoms with Gasteiger partial charge < -0.3 is 14.9 Å². The van der Waals surface area contributed by atoms with Crippen molar-refractivity contribution in [1.82, 2.24) is 4.98 Å². The molecular weight excluding hydrogens is 342 g/mol.